The van der Waals surface area contributed by atoms with Crippen LogP contribution in [0.3, 0.4) is 0 Å². The maximum Gasteiger partial charge on any atom is 0.106 e. The molecule has 0 aliphatic heterocycles. The van der Waals surface area contributed by atoms with Crippen molar-refractivity contribution in [2.75, 3.05) is 6.54 Å². The van der Waals surface area contributed by atoms with Gasteiger partial charge in [0.15, 0.2) is 0 Å². The summed E-state index contributed by atoms with van der Waals surface area (Å²) in [4.78, 5) is 9.43. The molecule has 154 valence electrons. The van der Waals surface area contributed by atoms with Crippen molar-refractivity contribution in [2.24, 2.45) is 5.73 Å². The SMILES string of the molecule is Cc1ccccc1-c1cn(Cc2cc(C#N)ccc2-c2ccc(CCN)cn2)c(C)n1. The molecule has 5 heteroatoms. The third-order valence-electron chi connectivity index (χ3n) is 5.51. The summed E-state index contributed by atoms with van der Waals surface area (Å²) in [6, 6.07) is 20.4. The van der Waals surface area contributed by atoms with Crippen LogP contribution in [-0.4, -0.2) is 21.1 Å². The van der Waals surface area contributed by atoms with Crippen LogP contribution in [0.5, 0.6) is 0 Å². The zero-order valence-corrected chi connectivity index (χ0v) is 17.8. The van der Waals surface area contributed by atoms with Gasteiger partial charge in [-0.3, -0.25) is 4.98 Å². The van der Waals surface area contributed by atoms with Gasteiger partial charge in [0, 0.05) is 30.1 Å². The van der Waals surface area contributed by atoms with Crippen molar-refractivity contribution < 1.29 is 0 Å². The van der Waals surface area contributed by atoms with E-state index in [2.05, 4.69) is 46.9 Å². The number of aromatic nitrogens is 3. The Morgan fingerprint density at radius 2 is 1.84 bits per heavy atom. The van der Waals surface area contributed by atoms with Gasteiger partial charge in [-0.25, -0.2) is 4.98 Å². The molecular weight excluding hydrogens is 382 g/mol. The van der Waals surface area contributed by atoms with Crippen molar-refractivity contribution >= 4 is 0 Å². The second kappa shape index (κ2) is 8.95. The Kier molecular flexibility index (Phi) is 5.92. The number of hydrogen-bond acceptors (Lipinski definition) is 4. The lowest BCUT2D eigenvalue weighted by molar-refractivity contribution is 0.762. The van der Waals surface area contributed by atoms with E-state index >= 15 is 0 Å². The van der Waals surface area contributed by atoms with E-state index in [0.717, 1.165) is 45.9 Å². The molecule has 0 atom stereocenters. The average Bonchev–Trinajstić information content (AvgIpc) is 3.15. The summed E-state index contributed by atoms with van der Waals surface area (Å²) in [5, 5.41) is 9.43. The lowest BCUT2D eigenvalue weighted by atomic mass is 10.0. The van der Waals surface area contributed by atoms with Crippen LogP contribution in [0.15, 0.2) is 67.0 Å². The molecule has 0 bridgehead atoms. The Hall–Kier alpha value is -3.75. The number of nitrogens with zero attached hydrogens (tertiary/aromatic N) is 4. The van der Waals surface area contributed by atoms with Gasteiger partial charge < -0.3 is 10.3 Å². The van der Waals surface area contributed by atoms with Gasteiger partial charge in [-0.05, 0) is 61.7 Å². The molecule has 4 aromatic rings. The monoisotopic (exact) mass is 407 g/mol. The van der Waals surface area contributed by atoms with Gasteiger partial charge >= 0.3 is 0 Å². The van der Waals surface area contributed by atoms with E-state index < -0.39 is 0 Å². The van der Waals surface area contributed by atoms with E-state index in [1.54, 1.807) is 0 Å². The van der Waals surface area contributed by atoms with Gasteiger partial charge in [-0.15, -0.1) is 0 Å². The molecule has 0 amide bonds. The fraction of sp³-hybridized carbons (Fsp3) is 0.192. The number of imidazole rings is 1. The summed E-state index contributed by atoms with van der Waals surface area (Å²) in [6.45, 7) is 5.32. The number of nitriles is 1. The minimum Gasteiger partial charge on any atom is -0.330 e. The molecule has 31 heavy (non-hydrogen) atoms. The summed E-state index contributed by atoms with van der Waals surface area (Å²) in [5.74, 6) is 0.929. The molecule has 2 N–H and O–H groups in total. The van der Waals surface area contributed by atoms with Gasteiger partial charge in [0.25, 0.3) is 0 Å². The molecular formula is C26H25N5. The van der Waals surface area contributed by atoms with Gasteiger partial charge in [0.1, 0.15) is 5.82 Å². The maximum atomic E-state index is 9.43. The van der Waals surface area contributed by atoms with Crippen molar-refractivity contribution in [3.63, 3.8) is 0 Å². The summed E-state index contributed by atoms with van der Waals surface area (Å²) < 4.78 is 2.13. The van der Waals surface area contributed by atoms with Crippen LogP contribution in [0.25, 0.3) is 22.5 Å². The largest absolute Gasteiger partial charge is 0.330 e. The Morgan fingerprint density at radius 1 is 1.00 bits per heavy atom. The quantitative estimate of drug-likeness (QED) is 0.504. The van der Waals surface area contributed by atoms with E-state index in [0.29, 0.717) is 18.7 Å². The van der Waals surface area contributed by atoms with Crippen LogP contribution >= 0.6 is 0 Å². The first-order valence-corrected chi connectivity index (χ1v) is 10.4. The van der Waals surface area contributed by atoms with Crippen LogP contribution in [0.4, 0.5) is 0 Å². The first-order chi connectivity index (χ1) is 15.1. The third kappa shape index (κ3) is 4.40. The predicted molar refractivity (Wildman–Crippen MR) is 123 cm³/mol. The summed E-state index contributed by atoms with van der Waals surface area (Å²) in [6.07, 6.45) is 4.77. The van der Waals surface area contributed by atoms with Crippen molar-refractivity contribution in [3.8, 4) is 28.6 Å². The highest BCUT2D eigenvalue weighted by Gasteiger charge is 2.13. The fourth-order valence-electron chi connectivity index (χ4n) is 3.78. The van der Waals surface area contributed by atoms with Crippen LogP contribution in [0, 0.1) is 25.2 Å². The lowest BCUT2D eigenvalue weighted by Gasteiger charge is -2.12. The molecule has 0 aliphatic carbocycles. The highest BCUT2D eigenvalue weighted by molar-refractivity contribution is 5.66. The second-order valence-corrected chi connectivity index (χ2v) is 7.69. The molecule has 2 aromatic heterocycles. The molecule has 0 radical (unpaired) electrons. The number of benzene rings is 2. The van der Waals surface area contributed by atoms with Crippen molar-refractivity contribution in [3.05, 3.63) is 95.1 Å². The molecule has 0 saturated heterocycles. The zero-order chi connectivity index (χ0) is 21.8. The first kappa shape index (κ1) is 20.5. The van der Waals surface area contributed by atoms with E-state index in [-0.39, 0.29) is 0 Å². The Labute approximate surface area is 182 Å². The summed E-state index contributed by atoms with van der Waals surface area (Å²) in [7, 11) is 0. The number of pyridine rings is 1. The molecule has 5 nitrogen and oxygen atoms in total. The lowest BCUT2D eigenvalue weighted by Crippen LogP contribution is -2.04. The van der Waals surface area contributed by atoms with Crippen molar-refractivity contribution in [1.29, 1.82) is 5.26 Å². The first-order valence-electron chi connectivity index (χ1n) is 10.4. The number of hydrogen-bond donors (Lipinski definition) is 1. The smallest absolute Gasteiger partial charge is 0.106 e. The molecule has 0 saturated carbocycles. The molecule has 0 aliphatic rings. The fourth-order valence-corrected chi connectivity index (χ4v) is 3.78. The summed E-state index contributed by atoms with van der Waals surface area (Å²) >= 11 is 0. The maximum absolute atomic E-state index is 9.43. The topological polar surface area (TPSA) is 80.5 Å². The predicted octanol–water partition coefficient (Wildman–Crippen LogP) is 4.65. The molecule has 0 unspecified atom stereocenters. The number of nitrogens with two attached hydrogens (primary N) is 1. The van der Waals surface area contributed by atoms with Gasteiger partial charge in [0.05, 0.1) is 23.0 Å². The Morgan fingerprint density at radius 3 is 2.55 bits per heavy atom. The number of aryl methyl sites for hydroxylation is 2. The van der Waals surface area contributed by atoms with E-state index in [4.69, 9.17) is 10.7 Å². The minimum atomic E-state index is 0.603. The third-order valence-corrected chi connectivity index (χ3v) is 5.51. The molecule has 4 rings (SSSR count). The van der Waals surface area contributed by atoms with Gasteiger partial charge in [-0.2, -0.15) is 5.26 Å². The van der Waals surface area contributed by atoms with Crippen LogP contribution in [-0.2, 0) is 13.0 Å². The average molecular weight is 408 g/mol. The van der Waals surface area contributed by atoms with Crippen LogP contribution in [0.2, 0.25) is 0 Å². The van der Waals surface area contributed by atoms with E-state index in [1.807, 2.05) is 49.5 Å². The molecule has 2 heterocycles. The number of rotatable bonds is 6. The van der Waals surface area contributed by atoms with E-state index in [9.17, 15) is 5.26 Å². The Balaban J connectivity index is 1.72. The standard InChI is InChI=1S/C26H25N5/c1-18-5-3-4-6-23(18)26-17-31(19(2)30-26)16-22-13-21(14-28)7-9-24(22)25-10-8-20(11-12-27)15-29-25/h3-10,13,15,17H,11-12,16,27H2,1-2H3. The van der Waals surface area contributed by atoms with Crippen molar-refractivity contribution in [1.82, 2.24) is 14.5 Å². The van der Waals surface area contributed by atoms with Crippen molar-refractivity contribution in [2.45, 2.75) is 26.8 Å². The van der Waals surface area contributed by atoms with E-state index in [1.165, 1.54) is 5.56 Å². The molecule has 0 spiro atoms. The Bertz CT molecular complexity index is 1250. The highest BCUT2D eigenvalue weighted by atomic mass is 15.1. The second-order valence-electron chi connectivity index (χ2n) is 7.69. The van der Waals surface area contributed by atoms with Gasteiger partial charge in [-0.1, -0.05) is 36.4 Å². The normalized spacial score (nSPS) is 10.8. The van der Waals surface area contributed by atoms with Gasteiger partial charge in [0.2, 0.25) is 0 Å². The van der Waals surface area contributed by atoms with Crippen LogP contribution in [0.1, 0.15) is 28.1 Å². The highest BCUT2D eigenvalue weighted by Crippen LogP contribution is 2.27. The molecule has 2 aromatic carbocycles. The minimum absolute atomic E-state index is 0.603. The van der Waals surface area contributed by atoms with Crippen LogP contribution < -0.4 is 5.73 Å². The zero-order valence-electron chi connectivity index (χ0n) is 17.8. The summed E-state index contributed by atoms with van der Waals surface area (Å²) in [5.41, 5.74) is 13.6. The molecule has 0 fully saturated rings.